The van der Waals surface area contributed by atoms with Gasteiger partial charge in [0.15, 0.2) is 5.15 Å². The van der Waals surface area contributed by atoms with E-state index in [2.05, 4.69) is 10.2 Å². The Morgan fingerprint density at radius 3 is 2.86 bits per heavy atom. The van der Waals surface area contributed by atoms with Gasteiger partial charge < -0.3 is 4.42 Å². The van der Waals surface area contributed by atoms with E-state index in [-0.39, 0.29) is 0 Å². The predicted octanol–water partition coefficient (Wildman–Crippen LogP) is 3.03. The molecule has 0 aliphatic rings. The van der Waals surface area contributed by atoms with E-state index in [9.17, 15) is 0 Å². The molecule has 0 fully saturated rings. The maximum absolute atomic E-state index is 5.76. The second-order valence-electron chi connectivity index (χ2n) is 2.98. The molecule has 0 saturated carbocycles. The van der Waals surface area contributed by atoms with Gasteiger partial charge in [0.05, 0.1) is 5.39 Å². The zero-order valence-electron chi connectivity index (χ0n) is 7.07. The van der Waals surface area contributed by atoms with Crippen LogP contribution in [0.2, 0.25) is 5.15 Å². The normalized spacial score (nSPS) is 11.2. The summed E-state index contributed by atoms with van der Waals surface area (Å²) in [7, 11) is 0. The summed E-state index contributed by atoms with van der Waals surface area (Å²) in [6.07, 6.45) is 0. The smallest absolute Gasteiger partial charge is 0.247 e. The first kappa shape index (κ1) is 7.76. The zero-order chi connectivity index (χ0) is 9.54. The van der Waals surface area contributed by atoms with E-state index in [4.69, 9.17) is 16.0 Å². The molecule has 0 aliphatic heterocycles. The highest BCUT2D eigenvalue weighted by Crippen LogP contribution is 2.27. The quantitative estimate of drug-likeness (QED) is 0.565. The lowest BCUT2D eigenvalue weighted by Gasteiger charge is -1.87. The van der Waals surface area contributed by atoms with Crippen molar-refractivity contribution in [1.29, 1.82) is 0 Å². The first-order chi connectivity index (χ1) is 6.84. The number of hydrogen-bond acceptors (Lipinski definition) is 3. The molecule has 2 aromatic heterocycles. The summed E-state index contributed by atoms with van der Waals surface area (Å²) in [6, 6.07) is 9.49. The average molecular weight is 205 g/mol. The van der Waals surface area contributed by atoms with E-state index in [1.165, 1.54) is 0 Å². The Labute approximate surface area is 84.3 Å². The third-order valence-electron chi connectivity index (χ3n) is 2.11. The van der Waals surface area contributed by atoms with Gasteiger partial charge in [-0.3, -0.25) is 0 Å². The lowest BCUT2D eigenvalue weighted by Crippen LogP contribution is -1.79. The molecule has 0 amide bonds. The van der Waals surface area contributed by atoms with Gasteiger partial charge in [-0.2, -0.15) is 0 Å². The monoisotopic (exact) mass is 204 g/mol. The average Bonchev–Trinajstić information content (AvgIpc) is 2.56. The molecule has 3 nitrogen and oxygen atoms in total. The first-order valence-corrected chi connectivity index (χ1v) is 4.53. The number of nitrogens with zero attached hydrogens (tertiary/aromatic N) is 2. The maximum atomic E-state index is 5.76. The molecule has 0 unspecified atom stereocenters. The van der Waals surface area contributed by atoms with E-state index in [0.29, 0.717) is 10.9 Å². The lowest BCUT2D eigenvalue weighted by atomic mass is 10.2. The van der Waals surface area contributed by atoms with Crippen LogP contribution in [-0.4, -0.2) is 10.2 Å². The minimum atomic E-state index is 0.379. The van der Waals surface area contributed by atoms with Crippen LogP contribution in [0.5, 0.6) is 0 Å². The Balaban J connectivity index is 2.58. The maximum Gasteiger partial charge on any atom is 0.247 e. The Kier molecular flexibility index (Phi) is 1.49. The molecule has 0 spiro atoms. The van der Waals surface area contributed by atoms with E-state index in [1.54, 1.807) is 6.07 Å². The molecule has 3 rings (SSSR count). The van der Waals surface area contributed by atoms with Crippen molar-refractivity contribution in [3.63, 3.8) is 0 Å². The molecule has 0 saturated heterocycles. The predicted molar refractivity (Wildman–Crippen MR) is 54.3 cm³/mol. The fourth-order valence-electron chi connectivity index (χ4n) is 1.51. The highest BCUT2D eigenvalue weighted by molar-refractivity contribution is 6.30. The highest BCUT2D eigenvalue weighted by atomic mass is 35.5. The fraction of sp³-hybridized carbons (Fsp3) is 0. The standard InChI is InChI=1S/C10H5ClN2O/c11-9-5-7-6-3-1-2-4-8(6)14-10(7)13-12-9/h1-5H. The Morgan fingerprint density at radius 1 is 1.07 bits per heavy atom. The van der Waals surface area contributed by atoms with E-state index < -0.39 is 0 Å². The Morgan fingerprint density at radius 2 is 1.93 bits per heavy atom. The van der Waals surface area contributed by atoms with Crippen LogP contribution < -0.4 is 0 Å². The van der Waals surface area contributed by atoms with Crippen LogP contribution in [-0.2, 0) is 0 Å². The molecule has 2 heterocycles. The molecule has 68 valence electrons. The lowest BCUT2D eigenvalue weighted by molar-refractivity contribution is 0.645. The number of halogens is 1. The van der Waals surface area contributed by atoms with Crippen LogP contribution in [0.15, 0.2) is 34.7 Å². The summed E-state index contributed by atoms with van der Waals surface area (Å²) >= 11 is 5.76. The van der Waals surface area contributed by atoms with Gasteiger partial charge in [-0.15, -0.1) is 10.2 Å². The van der Waals surface area contributed by atoms with Crippen LogP contribution in [0.1, 0.15) is 0 Å². The highest BCUT2D eigenvalue weighted by Gasteiger charge is 2.07. The summed E-state index contributed by atoms with van der Waals surface area (Å²) < 4.78 is 5.48. The van der Waals surface area contributed by atoms with Crippen molar-refractivity contribution in [3.05, 3.63) is 35.5 Å². The van der Waals surface area contributed by atoms with Gasteiger partial charge in [0, 0.05) is 5.39 Å². The van der Waals surface area contributed by atoms with Crippen molar-refractivity contribution in [2.45, 2.75) is 0 Å². The number of rotatable bonds is 0. The van der Waals surface area contributed by atoms with Crippen molar-refractivity contribution in [3.8, 4) is 0 Å². The number of fused-ring (bicyclic) bond motifs is 3. The second kappa shape index (κ2) is 2.69. The fourth-order valence-corrected chi connectivity index (χ4v) is 1.65. The van der Waals surface area contributed by atoms with Gasteiger partial charge in [0.2, 0.25) is 5.71 Å². The Bertz CT molecular complexity index is 618. The number of benzene rings is 1. The van der Waals surface area contributed by atoms with E-state index in [0.717, 1.165) is 16.4 Å². The van der Waals surface area contributed by atoms with Crippen LogP contribution >= 0.6 is 11.6 Å². The van der Waals surface area contributed by atoms with Crippen molar-refractivity contribution < 1.29 is 4.42 Å². The van der Waals surface area contributed by atoms with Gasteiger partial charge in [-0.05, 0) is 12.1 Å². The molecule has 4 heteroatoms. The molecule has 0 atom stereocenters. The van der Waals surface area contributed by atoms with Crippen LogP contribution in [0.25, 0.3) is 22.1 Å². The van der Waals surface area contributed by atoms with Gasteiger partial charge in [0.25, 0.3) is 0 Å². The molecule has 0 radical (unpaired) electrons. The van der Waals surface area contributed by atoms with Gasteiger partial charge in [0.1, 0.15) is 5.58 Å². The Hall–Kier alpha value is -1.61. The minimum Gasteiger partial charge on any atom is -0.436 e. The summed E-state index contributed by atoms with van der Waals surface area (Å²) in [5.74, 6) is 0. The number of furan rings is 1. The molecular formula is C10H5ClN2O. The van der Waals surface area contributed by atoms with Crippen LogP contribution in [0, 0.1) is 0 Å². The van der Waals surface area contributed by atoms with Crippen LogP contribution in [0.3, 0.4) is 0 Å². The van der Waals surface area contributed by atoms with Crippen molar-refractivity contribution in [2.24, 2.45) is 0 Å². The number of para-hydroxylation sites is 1. The third-order valence-corrected chi connectivity index (χ3v) is 2.30. The van der Waals surface area contributed by atoms with Crippen LogP contribution in [0.4, 0.5) is 0 Å². The third kappa shape index (κ3) is 0.992. The molecule has 0 N–H and O–H groups in total. The summed E-state index contributed by atoms with van der Waals surface area (Å²) in [4.78, 5) is 0. The topological polar surface area (TPSA) is 38.9 Å². The first-order valence-electron chi connectivity index (χ1n) is 4.15. The van der Waals surface area contributed by atoms with E-state index >= 15 is 0 Å². The summed E-state index contributed by atoms with van der Waals surface area (Å²) in [6.45, 7) is 0. The number of aromatic nitrogens is 2. The van der Waals surface area contributed by atoms with Gasteiger partial charge in [-0.1, -0.05) is 29.8 Å². The number of hydrogen-bond donors (Lipinski definition) is 0. The molecule has 3 aromatic rings. The summed E-state index contributed by atoms with van der Waals surface area (Å²) in [5, 5.41) is 9.89. The van der Waals surface area contributed by atoms with Crippen molar-refractivity contribution in [2.75, 3.05) is 0 Å². The zero-order valence-corrected chi connectivity index (χ0v) is 7.82. The molecule has 14 heavy (non-hydrogen) atoms. The SMILES string of the molecule is Clc1cc2c(nn1)oc1ccccc12. The molecule has 0 aliphatic carbocycles. The molecular weight excluding hydrogens is 200 g/mol. The molecule has 0 bridgehead atoms. The van der Waals surface area contributed by atoms with Crippen molar-refractivity contribution >= 4 is 33.7 Å². The molecule has 1 aromatic carbocycles. The van der Waals surface area contributed by atoms with E-state index in [1.807, 2.05) is 24.3 Å². The minimum absolute atomic E-state index is 0.379. The summed E-state index contributed by atoms with van der Waals surface area (Å²) in [5.41, 5.74) is 1.33. The van der Waals surface area contributed by atoms with Gasteiger partial charge >= 0.3 is 0 Å². The largest absolute Gasteiger partial charge is 0.436 e. The van der Waals surface area contributed by atoms with Crippen molar-refractivity contribution in [1.82, 2.24) is 10.2 Å². The second-order valence-corrected chi connectivity index (χ2v) is 3.37. The van der Waals surface area contributed by atoms with Gasteiger partial charge in [-0.25, -0.2) is 0 Å².